The fourth-order valence-electron chi connectivity index (χ4n) is 0.920. The molecule has 0 aromatic carbocycles. The largest absolute Gasteiger partial charge is 0.465 e. The first-order chi connectivity index (χ1) is 6.63. The predicted molar refractivity (Wildman–Crippen MR) is 47.4 cm³/mol. The monoisotopic (exact) mass is 197 g/mol. The molecule has 0 saturated carbocycles. The third kappa shape index (κ3) is 2.58. The number of hydrogen-bond acceptors (Lipinski definition) is 4. The Morgan fingerprint density at radius 2 is 2.36 bits per heavy atom. The molecule has 0 unspecified atom stereocenters. The van der Waals surface area contributed by atoms with E-state index in [-0.39, 0.29) is 12.2 Å². The minimum atomic E-state index is -0.618. The molecular weight excluding hydrogens is 186 g/mol. The van der Waals surface area contributed by atoms with E-state index in [2.05, 4.69) is 5.10 Å². The molecule has 14 heavy (non-hydrogen) atoms. The van der Waals surface area contributed by atoms with Gasteiger partial charge in [-0.3, -0.25) is 14.3 Å². The molecule has 1 aromatic heterocycles. The van der Waals surface area contributed by atoms with E-state index in [1.807, 2.05) is 0 Å². The van der Waals surface area contributed by atoms with E-state index in [0.717, 1.165) is 0 Å². The first kappa shape index (κ1) is 10.2. The highest BCUT2D eigenvalue weighted by molar-refractivity contribution is 5.90. The Morgan fingerprint density at radius 1 is 1.64 bits per heavy atom. The molecule has 1 heterocycles. The molecule has 0 aliphatic carbocycles. The summed E-state index contributed by atoms with van der Waals surface area (Å²) in [7, 11) is 0. The molecule has 0 aliphatic rings. The van der Waals surface area contributed by atoms with Gasteiger partial charge in [-0.2, -0.15) is 5.10 Å². The number of primary amides is 1. The zero-order chi connectivity index (χ0) is 10.6. The Kier molecular flexibility index (Phi) is 3.22. The Morgan fingerprint density at radius 3 is 2.86 bits per heavy atom. The Hall–Kier alpha value is -1.85. The van der Waals surface area contributed by atoms with Gasteiger partial charge in [-0.05, 0) is 13.0 Å². The molecule has 0 fully saturated rings. The van der Waals surface area contributed by atoms with Crippen LogP contribution in [-0.4, -0.2) is 28.3 Å². The average molecular weight is 197 g/mol. The van der Waals surface area contributed by atoms with Gasteiger partial charge in [0.15, 0.2) is 0 Å². The molecule has 2 N–H and O–H groups in total. The maximum atomic E-state index is 11.0. The van der Waals surface area contributed by atoms with Crippen LogP contribution in [0.3, 0.4) is 0 Å². The smallest absolute Gasteiger partial charge is 0.327 e. The lowest BCUT2D eigenvalue weighted by Crippen LogP contribution is -2.16. The molecule has 0 radical (unpaired) electrons. The number of carbonyl (C=O) groups excluding carboxylic acids is 2. The van der Waals surface area contributed by atoms with E-state index in [4.69, 9.17) is 10.5 Å². The molecule has 76 valence electrons. The molecule has 6 nitrogen and oxygen atoms in total. The van der Waals surface area contributed by atoms with Crippen LogP contribution in [0.5, 0.6) is 0 Å². The van der Waals surface area contributed by atoms with E-state index < -0.39 is 11.9 Å². The first-order valence-corrected chi connectivity index (χ1v) is 4.12. The SMILES string of the molecule is CCOC(=O)Cn1ccc(C(N)=O)n1. The molecule has 1 aromatic rings. The quantitative estimate of drug-likeness (QED) is 0.662. The number of rotatable bonds is 4. The van der Waals surface area contributed by atoms with Crippen LogP contribution < -0.4 is 5.73 Å². The third-order valence-electron chi connectivity index (χ3n) is 1.49. The lowest BCUT2D eigenvalue weighted by molar-refractivity contribution is -0.144. The van der Waals surface area contributed by atoms with Crippen molar-refractivity contribution in [2.24, 2.45) is 5.73 Å². The van der Waals surface area contributed by atoms with Crippen molar-refractivity contribution < 1.29 is 14.3 Å². The van der Waals surface area contributed by atoms with Gasteiger partial charge in [0.2, 0.25) is 0 Å². The van der Waals surface area contributed by atoms with Crippen LogP contribution in [-0.2, 0) is 16.1 Å². The number of carbonyl (C=O) groups is 2. The van der Waals surface area contributed by atoms with E-state index in [9.17, 15) is 9.59 Å². The Balaban J connectivity index is 2.59. The summed E-state index contributed by atoms with van der Waals surface area (Å²) in [4.78, 5) is 21.6. The Bertz CT molecular complexity index is 345. The number of ether oxygens (including phenoxy) is 1. The zero-order valence-electron chi connectivity index (χ0n) is 7.77. The second-order valence-corrected chi connectivity index (χ2v) is 2.57. The normalized spacial score (nSPS) is 9.79. The summed E-state index contributed by atoms with van der Waals surface area (Å²) in [6, 6.07) is 1.45. The van der Waals surface area contributed by atoms with Crippen molar-refractivity contribution in [3.05, 3.63) is 18.0 Å². The lowest BCUT2D eigenvalue weighted by atomic mass is 10.4. The van der Waals surface area contributed by atoms with Gasteiger partial charge in [0, 0.05) is 6.20 Å². The summed E-state index contributed by atoms with van der Waals surface area (Å²) in [5.41, 5.74) is 5.12. The Labute approximate surface area is 80.6 Å². The fourth-order valence-corrected chi connectivity index (χ4v) is 0.920. The molecule has 0 aliphatic heterocycles. The fraction of sp³-hybridized carbons (Fsp3) is 0.375. The van der Waals surface area contributed by atoms with Gasteiger partial charge in [0.1, 0.15) is 12.2 Å². The molecule has 0 saturated heterocycles. The van der Waals surface area contributed by atoms with Crippen LogP contribution in [0.1, 0.15) is 17.4 Å². The maximum Gasteiger partial charge on any atom is 0.327 e. The number of aromatic nitrogens is 2. The van der Waals surface area contributed by atoms with Gasteiger partial charge in [0.25, 0.3) is 5.91 Å². The summed E-state index contributed by atoms with van der Waals surface area (Å²) < 4.78 is 6.00. The number of amides is 1. The topological polar surface area (TPSA) is 87.2 Å². The van der Waals surface area contributed by atoms with Crippen molar-refractivity contribution >= 4 is 11.9 Å². The van der Waals surface area contributed by atoms with Crippen LogP contribution >= 0.6 is 0 Å². The van der Waals surface area contributed by atoms with Crippen LogP contribution in [0.2, 0.25) is 0 Å². The van der Waals surface area contributed by atoms with Crippen molar-refractivity contribution in [2.45, 2.75) is 13.5 Å². The first-order valence-electron chi connectivity index (χ1n) is 4.12. The van der Waals surface area contributed by atoms with Crippen molar-refractivity contribution in [2.75, 3.05) is 6.61 Å². The number of hydrogen-bond donors (Lipinski definition) is 1. The summed E-state index contributed by atoms with van der Waals surface area (Å²) in [5.74, 6) is -1.01. The molecule has 0 bridgehead atoms. The van der Waals surface area contributed by atoms with Gasteiger partial charge in [0.05, 0.1) is 6.61 Å². The highest BCUT2D eigenvalue weighted by Crippen LogP contribution is 1.94. The van der Waals surface area contributed by atoms with Crippen molar-refractivity contribution in [3.8, 4) is 0 Å². The summed E-state index contributed by atoms with van der Waals surface area (Å²) >= 11 is 0. The maximum absolute atomic E-state index is 11.0. The summed E-state index contributed by atoms with van der Waals surface area (Å²) in [5, 5.41) is 3.77. The van der Waals surface area contributed by atoms with Gasteiger partial charge in [-0.1, -0.05) is 0 Å². The van der Waals surface area contributed by atoms with E-state index >= 15 is 0 Å². The van der Waals surface area contributed by atoms with Crippen LogP contribution in [0.25, 0.3) is 0 Å². The van der Waals surface area contributed by atoms with Gasteiger partial charge < -0.3 is 10.5 Å². The molecule has 1 amide bonds. The third-order valence-corrected chi connectivity index (χ3v) is 1.49. The molecule has 0 spiro atoms. The minimum Gasteiger partial charge on any atom is -0.465 e. The predicted octanol–water partition coefficient (Wildman–Crippen LogP) is -0.455. The zero-order valence-corrected chi connectivity index (χ0v) is 7.77. The van der Waals surface area contributed by atoms with Crippen LogP contribution in [0, 0.1) is 0 Å². The summed E-state index contributed by atoms with van der Waals surface area (Å²) in [6.07, 6.45) is 1.50. The number of nitrogens with two attached hydrogens (primary N) is 1. The second kappa shape index (κ2) is 4.40. The van der Waals surface area contributed by atoms with Crippen molar-refractivity contribution in [3.63, 3.8) is 0 Å². The molecule has 0 atom stereocenters. The van der Waals surface area contributed by atoms with Gasteiger partial charge in [-0.25, -0.2) is 0 Å². The number of esters is 1. The van der Waals surface area contributed by atoms with Gasteiger partial charge in [-0.15, -0.1) is 0 Å². The van der Waals surface area contributed by atoms with Gasteiger partial charge >= 0.3 is 5.97 Å². The highest BCUT2D eigenvalue weighted by Gasteiger charge is 2.07. The minimum absolute atomic E-state index is 0.0128. The molecular formula is C8H11N3O3. The van der Waals surface area contributed by atoms with Crippen molar-refractivity contribution in [1.29, 1.82) is 0 Å². The van der Waals surface area contributed by atoms with E-state index in [1.165, 1.54) is 16.9 Å². The molecule has 1 rings (SSSR count). The van der Waals surface area contributed by atoms with Crippen molar-refractivity contribution in [1.82, 2.24) is 9.78 Å². The summed E-state index contributed by atoms with van der Waals surface area (Å²) in [6.45, 7) is 2.03. The van der Waals surface area contributed by atoms with E-state index in [1.54, 1.807) is 6.92 Å². The van der Waals surface area contributed by atoms with E-state index in [0.29, 0.717) is 6.61 Å². The van der Waals surface area contributed by atoms with Crippen LogP contribution in [0.15, 0.2) is 12.3 Å². The van der Waals surface area contributed by atoms with Crippen LogP contribution in [0.4, 0.5) is 0 Å². The standard InChI is InChI=1S/C8H11N3O3/c1-2-14-7(12)5-11-4-3-6(10-11)8(9)13/h3-4H,2,5H2,1H3,(H2,9,13). The highest BCUT2D eigenvalue weighted by atomic mass is 16.5. The number of nitrogens with zero attached hydrogens (tertiary/aromatic N) is 2. The lowest BCUT2D eigenvalue weighted by Gasteiger charge is -2.00. The second-order valence-electron chi connectivity index (χ2n) is 2.57. The average Bonchev–Trinajstić information content (AvgIpc) is 2.53. The molecule has 6 heteroatoms.